The molecule has 0 bridgehead atoms. The lowest BCUT2D eigenvalue weighted by atomic mass is 10.0. The molecular weight excluding hydrogens is 366 g/mol. The number of carbonyl (C=O) groups is 2. The molecule has 1 aromatic carbocycles. The summed E-state index contributed by atoms with van der Waals surface area (Å²) in [4.78, 5) is 25.1. The minimum absolute atomic E-state index is 0.212. The van der Waals surface area contributed by atoms with Gasteiger partial charge in [-0.15, -0.1) is 11.3 Å². The molecular formula is C20H19NO5S. The van der Waals surface area contributed by atoms with Crippen molar-refractivity contribution in [2.45, 2.75) is 13.8 Å². The number of amides is 1. The molecule has 0 atom stereocenters. The maximum atomic E-state index is 12.6. The number of hydrogen-bond acceptors (Lipinski definition) is 6. The van der Waals surface area contributed by atoms with Gasteiger partial charge in [0.25, 0.3) is 5.91 Å². The lowest BCUT2D eigenvalue weighted by Crippen LogP contribution is -2.15. The van der Waals surface area contributed by atoms with Crippen molar-refractivity contribution in [3.63, 3.8) is 0 Å². The van der Waals surface area contributed by atoms with Crippen LogP contribution < -0.4 is 10.1 Å². The molecule has 0 aliphatic heterocycles. The number of hydrogen-bond donors (Lipinski definition) is 1. The molecule has 0 aliphatic rings. The number of furan rings is 1. The molecule has 2 heterocycles. The molecule has 0 unspecified atom stereocenters. The first-order valence-corrected chi connectivity index (χ1v) is 9.21. The van der Waals surface area contributed by atoms with Crippen molar-refractivity contribution in [2.24, 2.45) is 0 Å². The van der Waals surface area contributed by atoms with Crippen molar-refractivity contribution in [1.82, 2.24) is 0 Å². The number of methoxy groups -OCH3 is 1. The lowest BCUT2D eigenvalue weighted by molar-refractivity contribution is 0.0529. The van der Waals surface area contributed by atoms with Gasteiger partial charge in [0, 0.05) is 16.5 Å². The van der Waals surface area contributed by atoms with Crippen LogP contribution in [0.15, 0.2) is 46.4 Å². The first-order chi connectivity index (χ1) is 13.0. The van der Waals surface area contributed by atoms with Crippen LogP contribution in [0.25, 0.3) is 11.1 Å². The summed E-state index contributed by atoms with van der Waals surface area (Å²) in [6, 6.07) is 9.04. The van der Waals surface area contributed by atoms with E-state index < -0.39 is 11.9 Å². The summed E-state index contributed by atoms with van der Waals surface area (Å²) in [7, 11) is 1.59. The van der Waals surface area contributed by atoms with Crippen LogP contribution in [0.1, 0.15) is 33.4 Å². The average molecular weight is 385 g/mol. The fourth-order valence-corrected chi connectivity index (χ4v) is 3.56. The Morgan fingerprint density at radius 3 is 2.52 bits per heavy atom. The predicted octanol–water partition coefficient (Wildman–Crippen LogP) is 4.75. The van der Waals surface area contributed by atoms with Crippen molar-refractivity contribution in [1.29, 1.82) is 0 Å². The Kier molecular flexibility index (Phi) is 5.61. The van der Waals surface area contributed by atoms with E-state index in [1.165, 1.54) is 17.6 Å². The largest absolute Gasteiger partial charge is 0.497 e. The van der Waals surface area contributed by atoms with Crippen molar-refractivity contribution in [2.75, 3.05) is 19.0 Å². The second kappa shape index (κ2) is 8.09. The van der Waals surface area contributed by atoms with Gasteiger partial charge in [-0.3, -0.25) is 4.79 Å². The fourth-order valence-electron chi connectivity index (χ4n) is 2.60. The van der Waals surface area contributed by atoms with E-state index in [1.54, 1.807) is 27.0 Å². The van der Waals surface area contributed by atoms with E-state index in [1.807, 2.05) is 29.6 Å². The van der Waals surface area contributed by atoms with Crippen molar-refractivity contribution in [3.8, 4) is 16.9 Å². The highest BCUT2D eigenvalue weighted by Crippen LogP contribution is 2.37. The topological polar surface area (TPSA) is 77.8 Å². The molecule has 2 aromatic heterocycles. The Bertz CT molecular complexity index is 955. The Morgan fingerprint density at radius 1 is 1.19 bits per heavy atom. The van der Waals surface area contributed by atoms with Gasteiger partial charge in [0.15, 0.2) is 5.76 Å². The van der Waals surface area contributed by atoms with Gasteiger partial charge in [-0.25, -0.2) is 4.79 Å². The second-order valence-electron chi connectivity index (χ2n) is 5.69. The van der Waals surface area contributed by atoms with E-state index in [4.69, 9.17) is 13.9 Å². The number of anilines is 1. The molecule has 7 heteroatoms. The molecule has 27 heavy (non-hydrogen) atoms. The summed E-state index contributed by atoms with van der Waals surface area (Å²) in [5, 5.41) is 5.00. The fraction of sp³-hybridized carbons (Fsp3) is 0.200. The quantitative estimate of drug-likeness (QED) is 0.619. The van der Waals surface area contributed by atoms with E-state index in [2.05, 4.69) is 5.32 Å². The number of carbonyl (C=O) groups excluding carboxylic acids is 2. The van der Waals surface area contributed by atoms with Gasteiger partial charge in [-0.05, 0) is 37.6 Å². The summed E-state index contributed by atoms with van der Waals surface area (Å²) in [5.41, 5.74) is 2.55. The number of ether oxygens (including phenoxy) is 2. The maximum absolute atomic E-state index is 12.6. The Hall–Kier alpha value is -3.06. The van der Waals surface area contributed by atoms with Gasteiger partial charge in [0.2, 0.25) is 0 Å². The highest BCUT2D eigenvalue weighted by atomic mass is 32.1. The monoisotopic (exact) mass is 385 g/mol. The van der Waals surface area contributed by atoms with Crippen LogP contribution in [0, 0.1) is 6.92 Å². The first-order valence-electron chi connectivity index (χ1n) is 8.33. The third-order valence-electron chi connectivity index (χ3n) is 3.97. The van der Waals surface area contributed by atoms with Gasteiger partial charge in [0.05, 0.1) is 20.0 Å². The number of esters is 1. The van der Waals surface area contributed by atoms with Crippen molar-refractivity contribution in [3.05, 3.63) is 58.9 Å². The molecule has 0 spiro atoms. The van der Waals surface area contributed by atoms with E-state index >= 15 is 0 Å². The molecule has 0 saturated heterocycles. The van der Waals surface area contributed by atoms with E-state index in [0.717, 1.165) is 11.1 Å². The molecule has 6 nitrogen and oxygen atoms in total. The van der Waals surface area contributed by atoms with Crippen LogP contribution in [-0.2, 0) is 4.74 Å². The number of thiophene rings is 1. The average Bonchev–Trinajstić information content (AvgIpc) is 3.28. The van der Waals surface area contributed by atoms with Crippen LogP contribution in [0.5, 0.6) is 5.75 Å². The van der Waals surface area contributed by atoms with Crippen LogP contribution >= 0.6 is 11.3 Å². The molecule has 3 aromatic rings. The summed E-state index contributed by atoms with van der Waals surface area (Å²) in [5.74, 6) is 0.0277. The van der Waals surface area contributed by atoms with Gasteiger partial charge in [-0.2, -0.15) is 0 Å². The van der Waals surface area contributed by atoms with Crippen molar-refractivity contribution >= 4 is 28.2 Å². The third kappa shape index (κ3) is 3.88. The molecule has 0 saturated carbocycles. The van der Waals surface area contributed by atoms with Crippen molar-refractivity contribution < 1.29 is 23.5 Å². The zero-order chi connectivity index (χ0) is 19.4. The normalized spacial score (nSPS) is 10.5. The molecule has 0 radical (unpaired) electrons. The van der Waals surface area contributed by atoms with Crippen LogP contribution in [0.2, 0.25) is 0 Å². The zero-order valence-electron chi connectivity index (χ0n) is 15.2. The third-order valence-corrected chi connectivity index (χ3v) is 4.86. The zero-order valence-corrected chi connectivity index (χ0v) is 16.0. The molecule has 1 N–H and O–H groups in total. The smallest absolute Gasteiger partial charge is 0.341 e. The van der Waals surface area contributed by atoms with Gasteiger partial charge < -0.3 is 19.2 Å². The summed E-state index contributed by atoms with van der Waals surface area (Å²) in [6.45, 7) is 3.76. The number of rotatable bonds is 6. The van der Waals surface area contributed by atoms with E-state index in [0.29, 0.717) is 21.9 Å². The highest BCUT2D eigenvalue weighted by molar-refractivity contribution is 7.15. The second-order valence-corrected chi connectivity index (χ2v) is 6.57. The number of aryl methyl sites for hydroxylation is 1. The minimum atomic E-state index is -0.490. The standard InChI is InChI=1S/C20H19NO5S/c1-4-25-20(23)16-15(13-5-7-14(24-3)8-6-13)11-27-19(16)21-18(22)17-12(2)9-10-26-17/h5-11H,4H2,1-3H3,(H,21,22). The summed E-state index contributed by atoms with van der Waals surface area (Å²) < 4.78 is 15.6. The summed E-state index contributed by atoms with van der Waals surface area (Å²) in [6.07, 6.45) is 1.45. The molecule has 140 valence electrons. The van der Waals surface area contributed by atoms with E-state index in [9.17, 15) is 9.59 Å². The van der Waals surface area contributed by atoms with Crippen LogP contribution in [-0.4, -0.2) is 25.6 Å². The lowest BCUT2D eigenvalue weighted by Gasteiger charge is -2.09. The van der Waals surface area contributed by atoms with E-state index in [-0.39, 0.29) is 12.4 Å². The van der Waals surface area contributed by atoms with Gasteiger partial charge in [-0.1, -0.05) is 12.1 Å². The molecule has 1 amide bonds. The molecule has 3 rings (SSSR count). The SMILES string of the molecule is CCOC(=O)c1c(-c2ccc(OC)cc2)csc1NC(=O)c1occc1C. The first kappa shape index (κ1) is 18.7. The van der Waals surface area contributed by atoms with Gasteiger partial charge in [0.1, 0.15) is 16.3 Å². The molecule has 0 fully saturated rings. The van der Waals surface area contributed by atoms with Crippen LogP contribution in [0.3, 0.4) is 0 Å². The van der Waals surface area contributed by atoms with Gasteiger partial charge >= 0.3 is 5.97 Å². The molecule has 0 aliphatic carbocycles. The Labute approximate surface area is 160 Å². The van der Waals surface area contributed by atoms with Crippen LogP contribution in [0.4, 0.5) is 5.00 Å². The number of benzene rings is 1. The maximum Gasteiger partial charge on any atom is 0.341 e. The Morgan fingerprint density at radius 2 is 1.93 bits per heavy atom. The number of nitrogens with one attached hydrogen (secondary N) is 1. The predicted molar refractivity (Wildman–Crippen MR) is 104 cm³/mol. The Balaban J connectivity index is 1.98. The summed E-state index contributed by atoms with van der Waals surface area (Å²) >= 11 is 1.26. The highest BCUT2D eigenvalue weighted by Gasteiger charge is 2.24. The minimum Gasteiger partial charge on any atom is -0.497 e.